The third-order valence-corrected chi connectivity index (χ3v) is 5.06. The van der Waals surface area contributed by atoms with Crippen molar-refractivity contribution in [2.45, 2.75) is 19.9 Å². The topological polar surface area (TPSA) is 88.4 Å². The summed E-state index contributed by atoms with van der Waals surface area (Å²) in [5.41, 5.74) is 0.430. The molecule has 154 valence electrons. The predicted molar refractivity (Wildman–Crippen MR) is 101 cm³/mol. The lowest BCUT2D eigenvalue weighted by Crippen LogP contribution is -2.54. The molecule has 10 heteroatoms. The summed E-state index contributed by atoms with van der Waals surface area (Å²) in [4.78, 5) is 28.3. The number of nitro groups is 1. The Balaban J connectivity index is 1.87. The lowest BCUT2D eigenvalue weighted by atomic mass is 10.1. The highest BCUT2D eigenvalue weighted by molar-refractivity contribution is 5.73. The van der Waals surface area contributed by atoms with Gasteiger partial charge in [0.15, 0.2) is 5.82 Å². The average molecular weight is 396 g/mol. The van der Waals surface area contributed by atoms with Crippen LogP contribution in [-0.4, -0.2) is 74.5 Å². The molecule has 0 aromatic heterocycles. The minimum absolute atomic E-state index is 0.190. The van der Waals surface area contributed by atoms with Gasteiger partial charge in [-0.05, 0) is 19.9 Å². The molecule has 9 nitrogen and oxygen atoms in total. The number of carbonyl (C=O) groups excluding carboxylic acids is 1. The standard InChI is InChI=1S/C18H25FN4O5/c1-3-28-18(24)22-5-4-21(12-13(22)2)16-11-15(20-6-8-27-9-7-20)14(19)10-17(16)23(25)26/h10-11,13H,3-9,12H2,1-2H3. The molecule has 2 aliphatic heterocycles. The summed E-state index contributed by atoms with van der Waals surface area (Å²) in [6.45, 7) is 7.10. The van der Waals surface area contributed by atoms with E-state index in [4.69, 9.17) is 9.47 Å². The van der Waals surface area contributed by atoms with Crippen LogP contribution in [0.1, 0.15) is 13.8 Å². The molecule has 1 unspecified atom stereocenters. The van der Waals surface area contributed by atoms with E-state index < -0.39 is 16.8 Å². The van der Waals surface area contributed by atoms with Crippen molar-refractivity contribution in [3.8, 4) is 0 Å². The Bertz CT molecular complexity index is 741. The Morgan fingerprint density at radius 1 is 1.25 bits per heavy atom. The van der Waals surface area contributed by atoms with Crippen molar-refractivity contribution in [3.05, 3.63) is 28.1 Å². The van der Waals surface area contributed by atoms with Gasteiger partial charge < -0.3 is 24.2 Å². The highest BCUT2D eigenvalue weighted by Gasteiger charge is 2.32. The molecule has 2 fully saturated rings. The number of anilines is 2. The van der Waals surface area contributed by atoms with Crippen LogP contribution in [0.25, 0.3) is 0 Å². The van der Waals surface area contributed by atoms with Crippen molar-refractivity contribution in [1.29, 1.82) is 0 Å². The average Bonchev–Trinajstić information content (AvgIpc) is 2.68. The molecule has 1 aromatic rings. The lowest BCUT2D eigenvalue weighted by Gasteiger charge is -2.40. The Kier molecular flexibility index (Phi) is 6.18. The van der Waals surface area contributed by atoms with Crippen molar-refractivity contribution in [3.63, 3.8) is 0 Å². The fourth-order valence-electron chi connectivity index (χ4n) is 3.64. The van der Waals surface area contributed by atoms with Gasteiger partial charge in [0.05, 0.1) is 36.5 Å². The minimum Gasteiger partial charge on any atom is -0.450 e. The van der Waals surface area contributed by atoms with Crippen LogP contribution in [-0.2, 0) is 9.47 Å². The fraction of sp³-hybridized carbons (Fsp3) is 0.611. The molecule has 0 aliphatic carbocycles. The van der Waals surface area contributed by atoms with Crippen molar-refractivity contribution in [2.75, 3.05) is 62.3 Å². The first-order valence-corrected chi connectivity index (χ1v) is 9.41. The van der Waals surface area contributed by atoms with E-state index in [1.54, 1.807) is 17.9 Å². The Morgan fingerprint density at radius 2 is 1.96 bits per heavy atom. The van der Waals surface area contributed by atoms with Crippen LogP contribution < -0.4 is 9.80 Å². The zero-order chi connectivity index (χ0) is 20.3. The molecule has 28 heavy (non-hydrogen) atoms. The van der Waals surface area contributed by atoms with Crippen LogP contribution in [0.5, 0.6) is 0 Å². The number of carbonyl (C=O) groups is 1. The van der Waals surface area contributed by atoms with Gasteiger partial charge in [-0.3, -0.25) is 10.1 Å². The van der Waals surface area contributed by atoms with Crippen LogP contribution in [0.3, 0.4) is 0 Å². The van der Waals surface area contributed by atoms with Gasteiger partial charge in [-0.1, -0.05) is 0 Å². The molecular weight excluding hydrogens is 371 g/mol. The van der Waals surface area contributed by atoms with Crippen molar-refractivity contribution in [1.82, 2.24) is 4.90 Å². The molecule has 2 heterocycles. The second-order valence-electron chi connectivity index (χ2n) is 6.84. The second kappa shape index (κ2) is 8.59. The van der Waals surface area contributed by atoms with Gasteiger partial charge in [-0.25, -0.2) is 9.18 Å². The van der Waals surface area contributed by atoms with Gasteiger partial charge in [-0.2, -0.15) is 0 Å². The molecule has 0 bridgehead atoms. The summed E-state index contributed by atoms with van der Waals surface area (Å²) < 4.78 is 25.0. The number of halogens is 1. The van der Waals surface area contributed by atoms with E-state index in [1.807, 2.05) is 16.7 Å². The van der Waals surface area contributed by atoms with Crippen LogP contribution in [0.4, 0.5) is 26.2 Å². The van der Waals surface area contributed by atoms with E-state index >= 15 is 0 Å². The zero-order valence-corrected chi connectivity index (χ0v) is 16.1. The van der Waals surface area contributed by atoms with Gasteiger partial charge in [0.1, 0.15) is 5.69 Å². The predicted octanol–water partition coefficient (Wildman–Crippen LogP) is 2.24. The number of hydrogen-bond acceptors (Lipinski definition) is 7. The molecule has 1 amide bonds. The number of benzene rings is 1. The number of piperazine rings is 1. The van der Waals surface area contributed by atoms with E-state index in [-0.39, 0.29) is 18.3 Å². The summed E-state index contributed by atoms with van der Waals surface area (Å²) in [5.74, 6) is -0.615. The van der Waals surface area contributed by atoms with Gasteiger partial charge in [-0.15, -0.1) is 0 Å². The SMILES string of the molecule is CCOC(=O)N1CCN(c2cc(N3CCOCC3)c(F)cc2[N+](=O)[O-])CC1C. The highest BCUT2D eigenvalue weighted by atomic mass is 19.1. The van der Waals surface area contributed by atoms with E-state index in [1.165, 1.54) is 0 Å². The number of ether oxygens (including phenoxy) is 2. The molecule has 1 atom stereocenters. The summed E-state index contributed by atoms with van der Waals surface area (Å²) in [6, 6.07) is 2.35. The molecule has 0 spiro atoms. The van der Waals surface area contributed by atoms with Crippen LogP contribution >= 0.6 is 0 Å². The normalized spacial score (nSPS) is 20.2. The van der Waals surface area contributed by atoms with Gasteiger partial charge >= 0.3 is 6.09 Å². The summed E-state index contributed by atoms with van der Waals surface area (Å²) in [5, 5.41) is 11.5. The van der Waals surface area contributed by atoms with Gasteiger partial charge in [0.2, 0.25) is 0 Å². The Hall–Kier alpha value is -2.62. The molecule has 2 saturated heterocycles. The number of amides is 1. The lowest BCUT2D eigenvalue weighted by molar-refractivity contribution is -0.384. The number of rotatable bonds is 4. The first kappa shape index (κ1) is 20.1. The van der Waals surface area contributed by atoms with Crippen LogP contribution in [0.15, 0.2) is 12.1 Å². The maximum atomic E-state index is 14.6. The highest BCUT2D eigenvalue weighted by Crippen LogP contribution is 2.36. The third-order valence-electron chi connectivity index (χ3n) is 5.06. The maximum Gasteiger partial charge on any atom is 0.410 e. The van der Waals surface area contributed by atoms with E-state index in [0.717, 1.165) is 6.07 Å². The molecule has 0 saturated carbocycles. The van der Waals surface area contributed by atoms with Gasteiger partial charge in [0.25, 0.3) is 5.69 Å². The van der Waals surface area contributed by atoms with Crippen molar-refractivity contribution in [2.24, 2.45) is 0 Å². The Labute approximate surface area is 162 Å². The second-order valence-corrected chi connectivity index (χ2v) is 6.84. The number of nitro benzene ring substituents is 1. The summed E-state index contributed by atoms with van der Waals surface area (Å²) in [6.07, 6.45) is -0.391. The quantitative estimate of drug-likeness (QED) is 0.570. The van der Waals surface area contributed by atoms with Crippen LogP contribution in [0, 0.1) is 15.9 Å². The zero-order valence-electron chi connectivity index (χ0n) is 16.1. The summed E-state index contributed by atoms with van der Waals surface area (Å²) in [7, 11) is 0. The van der Waals surface area contributed by atoms with E-state index in [9.17, 15) is 19.3 Å². The monoisotopic (exact) mass is 396 g/mol. The molecule has 3 rings (SSSR count). The Morgan fingerprint density at radius 3 is 2.57 bits per heavy atom. The van der Waals surface area contributed by atoms with E-state index in [0.29, 0.717) is 57.3 Å². The maximum absolute atomic E-state index is 14.6. The first-order valence-electron chi connectivity index (χ1n) is 9.41. The molecular formula is C18H25FN4O5. The smallest absolute Gasteiger partial charge is 0.410 e. The number of hydrogen-bond donors (Lipinski definition) is 0. The molecule has 2 aliphatic rings. The fourth-order valence-corrected chi connectivity index (χ4v) is 3.64. The number of nitrogens with zero attached hydrogens (tertiary/aromatic N) is 4. The number of morpholine rings is 1. The summed E-state index contributed by atoms with van der Waals surface area (Å²) >= 11 is 0. The minimum atomic E-state index is -0.615. The van der Waals surface area contributed by atoms with Crippen LogP contribution in [0.2, 0.25) is 0 Å². The van der Waals surface area contributed by atoms with Gasteiger partial charge in [0, 0.05) is 38.8 Å². The van der Waals surface area contributed by atoms with Crippen molar-refractivity contribution < 1.29 is 23.6 Å². The first-order chi connectivity index (χ1) is 13.4. The van der Waals surface area contributed by atoms with E-state index in [2.05, 4.69) is 0 Å². The molecule has 1 aromatic carbocycles. The third kappa shape index (κ3) is 4.11. The largest absolute Gasteiger partial charge is 0.450 e. The molecule has 0 radical (unpaired) electrons. The van der Waals surface area contributed by atoms with Crippen molar-refractivity contribution >= 4 is 23.2 Å². The molecule has 0 N–H and O–H groups in total.